The predicted molar refractivity (Wildman–Crippen MR) is 87.6 cm³/mol. The number of ether oxygens (including phenoxy) is 3. The van der Waals surface area contributed by atoms with Crippen LogP contribution >= 0.6 is 0 Å². The number of hydrogen-bond donors (Lipinski definition) is 0. The van der Waals surface area contributed by atoms with E-state index in [1.807, 2.05) is 54.6 Å². The Morgan fingerprint density at radius 2 is 1.78 bits per heavy atom. The molecule has 1 aliphatic rings. The van der Waals surface area contributed by atoms with E-state index in [0.29, 0.717) is 6.61 Å². The maximum absolute atomic E-state index is 5.99. The van der Waals surface area contributed by atoms with Crippen molar-refractivity contribution >= 4 is 0 Å². The van der Waals surface area contributed by atoms with E-state index in [0.717, 1.165) is 33.9 Å². The van der Waals surface area contributed by atoms with Gasteiger partial charge in [0.15, 0.2) is 11.5 Å². The molecular weight excluding hydrogens is 288 g/mol. The molecule has 3 aromatic carbocycles. The Balaban J connectivity index is 1.56. The molecule has 0 amide bonds. The van der Waals surface area contributed by atoms with Crippen LogP contribution in [0.4, 0.5) is 0 Å². The third kappa shape index (κ3) is 2.86. The molecule has 0 saturated heterocycles. The Morgan fingerprint density at radius 1 is 0.913 bits per heavy atom. The average molecular weight is 303 g/mol. The van der Waals surface area contributed by atoms with Crippen molar-refractivity contribution in [3.8, 4) is 28.4 Å². The van der Waals surface area contributed by atoms with Gasteiger partial charge >= 0.3 is 0 Å². The fourth-order valence-electron chi connectivity index (χ4n) is 2.57. The zero-order valence-corrected chi connectivity index (χ0v) is 12.5. The van der Waals surface area contributed by atoms with Crippen LogP contribution in [0.5, 0.6) is 17.2 Å². The van der Waals surface area contributed by atoms with Crippen LogP contribution in [-0.4, -0.2) is 6.79 Å². The fourth-order valence-corrected chi connectivity index (χ4v) is 2.57. The van der Waals surface area contributed by atoms with Gasteiger partial charge in [0.25, 0.3) is 0 Å². The largest absolute Gasteiger partial charge is 0.488 e. The molecule has 0 unspecified atom stereocenters. The molecule has 0 spiro atoms. The van der Waals surface area contributed by atoms with Crippen LogP contribution in [0.3, 0.4) is 0 Å². The summed E-state index contributed by atoms with van der Waals surface area (Å²) in [6, 6.07) is 25.1. The molecule has 3 heteroatoms. The number of rotatable bonds is 4. The summed E-state index contributed by atoms with van der Waals surface area (Å²) in [5.74, 6) is 2.30. The van der Waals surface area contributed by atoms with E-state index < -0.39 is 0 Å². The van der Waals surface area contributed by atoms with Gasteiger partial charge in [0.1, 0.15) is 12.4 Å². The molecule has 3 nitrogen and oxygen atoms in total. The minimum absolute atomic E-state index is 0.282. The van der Waals surface area contributed by atoms with Gasteiger partial charge in [-0.3, -0.25) is 0 Å². The van der Waals surface area contributed by atoms with Gasteiger partial charge in [0.2, 0.25) is 6.79 Å². The molecule has 1 radical (unpaired) electrons. The Labute approximate surface area is 135 Å². The van der Waals surface area contributed by atoms with Crippen molar-refractivity contribution in [3.05, 3.63) is 78.4 Å². The van der Waals surface area contributed by atoms with Crippen molar-refractivity contribution in [2.75, 3.05) is 6.79 Å². The molecule has 0 aromatic heterocycles. The molecule has 0 atom stereocenters. The average Bonchev–Trinajstić information content (AvgIpc) is 3.09. The van der Waals surface area contributed by atoms with Gasteiger partial charge in [-0.15, -0.1) is 0 Å². The monoisotopic (exact) mass is 303 g/mol. The van der Waals surface area contributed by atoms with Crippen LogP contribution in [0.2, 0.25) is 0 Å². The fraction of sp³-hybridized carbons (Fsp3) is 0.100. The summed E-state index contributed by atoms with van der Waals surface area (Å²) in [7, 11) is 0. The molecule has 113 valence electrons. The van der Waals surface area contributed by atoms with E-state index in [-0.39, 0.29) is 6.79 Å². The Morgan fingerprint density at radius 3 is 2.70 bits per heavy atom. The van der Waals surface area contributed by atoms with E-state index in [1.165, 1.54) is 0 Å². The van der Waals surface area contributed by atoms with Crippen LogP contribution in [0.25, 0.3) is 11.1 Å². The van der Waals surface area contributed by atoms with Gasteiger partial charge in [-0.1, -0.05) is 54.6 Å². The predicted octanol–water partition coefficient (Wildman–Crippen LogP) is 4.46. The minimum atomic E-state index is 0.282. The van der Waals surface area contributed by atoms with Gasteiger partial charge < -0.3 is 14.2 Å². The summed E-state index contributed by atoms with van der Waals surface area (Å²) < 4.78 is 16.7. The maximum atomic E-state index is 5.99. The van der Waals surface area contributed by atoms with Crippen molar-refractivity contribution in [1.29, 1.82) is 0 Å². The van der Waals surface area contributed by atoms with Gasteiger partial charge in [0, 0.05) is 11.6 Å². The molecule has 0 aliphatic carbocycles. The second kappa shape index (κ2) is 6.05. The summed E-state index contributed by atoms with van der Waals surface area (Å²) in [4.78, 5) is 0. The van der Waals surface area contributed by atoms with Crippen molar-refractivity contribution in [1.82, 2.24) is 0 Å². The molecule has 0 saturated carbocycles. The van der Waals surface area contributed by atoms with Crippen molar-refractivity contribution in [3.63, 3.8) is 0 Å². The lowest BCUT2D eigenvalue weighted by Crippen LogP contribution is -1.97. The van der Waals surface area contributed by atoms with Gasteiger partial charge in [-0.2, -0.15) is 0 Å². The number of benzene rings is 3. The summed E-state index contributed by atoms with van der Waals surface area (Å²) in [5, 5.41) is 0. The second-order valence-corrected chi connectivity index (χ2v) is 5.26. The van der Waals surface area contributed by atoms with E-state index in [4.69, 9.17) is 14.2 Å². The third-order valence-corrected chi connectivity index (χ3v) is 3.72. The van der Waals surface area contributed by atoms with Crippen LogP contribution in [0.1, 0.15) is 5.56 Å². The summed E-state index contributed by atoms with van der Waals surface area (Å²) in [6.45, 7) is 0.737. The lowest BCUT2D eigenvalue weighted by atomic mass is 10.0. The summed E-state index contributed by atoms with van der Waals surface area (Å²) >= 11 is 0. The molecule has 4 rings (SSSR count). The van der Waals surface area contributed by atoms with Gasteiger partial charge in [0.05, 0.1) is 0 Å². The quantitative estimate of drug-likeness (QED) is 0.712. The lowest BCUT2D eigenvalue weighted by Gasteiger charge is -2.11. The van der Waals surface area contributed by atoms with Gasteiger partial charge in [-0.25, -0.2) is 0 Å². The number of fused-ring (bicyclic) bond motifs is 1. The topological polar surface area (TPSA) is 27.7 Å². The third-order valence-electron chi connectivity index (χ3n) is 3.72. The van der Waals surface area contributed by atoms with Crippen molar-refractivity contribution in [2.45, 2.75) is 6.61 Å². The summed E-state index contributed by atoms with van der Waals surface area (Å²) in [5.41, 5.74) is 3.18. The van der Waals surface area contributed by atoms with E-state index in [1.54, 1.807) is 0 Å². The zero-order valence-electron chi connectivity index (χ0n) is 12.5. The molecule has 0 bridgehead atoms. The molecule has 23 heavy (non-hydrogen) atoms. The number of hydrogen-bond acceptors (Lipinski definition) is 3. The lowest BCUT2D eigenvalue weighted by molar-refractivity contribution is 0.174. The molecule has 0 N–H and O–H groups in total. The molecule has 1 heterocycles. The first-order valence-electron chi connectivity index (χ1n) is 7.47. The smallest absolute Gasteiger partial charge is 0.231 e. The Hall–Kier alpha value is -2.94. The Kier molecular flexibility index (Phi) is 3.60. The van der Waals surface area contributed by atoms with Crippen LogP contribution in [-0.2, 0) is 6.61 Å². The highest BCUT2D eigenvalue weighted by Crippen LogP contribution is 2.34. The van der Waals surface area contributed by atoms with Gasteiger partial charge in [-0.05, 0) is 23.3 Å². The SMILES string of the molecule is [c]1cccc(-c2ccccc2)c1OCc1ccc2c(c1)OCO2. The van der Waals surface area contributed by atoms with Crippen molar-refractivity contribution < 1.29 is 14.2 Å². The maximum Gasteiger partial charge on any atom is 0.231 e. The highest BCUT2D eigenvalue weighted by atomic mass is 16.7. The minimum Gasteiger partial charge on any atom is -0.488 e. The normalized spacial score (nSPS) is 12.2. The highest BCUT2D eigenvalue weighted by molar-refractivity contribution is 5.69. The van der Waals surface area contributed by atoms with Crippen molar-refractivity contribution in [2.24, 2.45) is 0 Å². The van der Waals surface area contributed by atoms with E-state index in [2.05, 4.69) is 18.2 Å². The highest BCUT2D eigenvalue weighted by Gasteiger charge is 2.13. The molecule has 1 aliphatic heterocycles. The van der Waals surface area contributed by atoms with Crippen LogP contribution < -0.4 is 14.2 Å². The molecule has 0 fully saturated rings. The standard InChI is InChI=1S/C20H15O3/c1-2-6-16(7-3-1)17-8-4-5-9-18(17)21-13-15-10-11-19-20(12-15)23-14-22-19/h1-8,10-12H,13-14H2. The second-order valence-electron chi connectivity index (χ2n) is 5.26. The van der Waals surface area contributed by atoms with Crippen LogP contribution in [0, 0.1) is 6.07 Å². The van der Waals surface area contributed by atoms with E-state index in [9.17, 15) is 0 Å². The first-order chi connectivity index (χ1) is 11.4. The Bertz CT molecular complexity index is 812. The zero-order chi connectivity index (χ0) is 15.5. The summed E-state index contributed by atoms with van der Waals surface area (Å²) in [6.07, 6.45) is 0. The first kappa shape index (κ1) is 13.7. The molecule has 3 aromatic rings. The first-order valence-corrected chi connectivity index (χ1v) is 7.47. The van der Waals surface area contributed by atoms with Crippen LogP contribution in [0.15, 0.2) is 66.7 Å². The molecular formula is C20H15O3. The number of para-hydroxylation sites is 1. The van der Waals surface area contributed by atoms with E-state index >= 15 is 0 Å².